The molecule has 1 aromatic carbocycles. The molecule has 1 unspecified atom stereocenters. The normalized spacial score (nSPS) is 21.0. The van der Waals surface area contributed by atoms with E-state index in [-0.39, 0.29) is 10.9 Å². The van der Waals surface area contributed by atoms with Crippen LogP contribution < -0.4 is 10.5 Å². The zero-order chi connectivity index (χ0) is 14.8. The fraction of sp³-hybridized carbons (Fsp3) is 0.571. The van der Waals surface area contributed by atoms with Crippen LogP contribution in [0.3, 0.4) is 0 Å². The van der Waals surface area contributed by atoms with Gasteiger partial charge in [0.05, 0.1) is 4.90 Å². The quantitative estimate of drug-likeness (QED) is 0.822. The van der Waals surface area contributed by atoms with Crippen LogP contribution in [-0.2, 0) is 10.0 Å². The Kier molecular flexibility index (Phi) is 4.67. The smallest absolute Gasteiger partial charge is 0.240 e. The molecule has 0 aromatic heterocycles. The molecule has 6 heteroatoms. The number of anilines is 1. The summed E-state index contributed by atoms with van der Waals surface area (Å²) >= 11 is 0. The minimum Gasteiger partial charge on any atom is -0.398 e. The maximum atomic E-state index is 12.4. The molecule has 1 heterocycles. The second-order valence-corrected chi connectivity index (χ2v) is 7.09. The highest BCUT2D eigenvalue weighted by molar-refractivity contribution is 7.89. The van der Waals surface area contributed by atoms with Crippen LogP contribution in [0.2, 0.25) is 0 Å². The maximum Gasteiger partial charge on any atom is 0.240 e. The summed E-state index contributed by atoms with van der Waals surface area (Å²) in [6, 6.07) is 4.85. The molecule has 0 amide bonds. The summed E-state index contributed by atoms with van der Waals surface area (Å²) in [6.07, 6.45) is 1.91. The molecule has 20 heavy (non-hydrogen) atoms. The lowest BCUT2D eigenvalue weighted by Gasteiger charge is -2.32. The zero-order valence-electron chi connectivity index (χ0n) is 12.1. The second kappa shape index (κ2) is 6.11. The van der Waals surface area contributed by atoms with Crippen molar-refractivity contribution >= 4 is 15.7 Å². The average Bonchev–Trinajstić information content (AvgIpc) is 2.41. The van der Waals surface area contributed by atoms with E-state index in [9.17, 15) is 8.42 Å². The van der Waals surface area contributed by atoms with Crippen molar-refractivity contribution in [1.29, 1.82) is 0 Å². The first-order valence-electron chi connectivity index (χ1n) is 7.03. The van der Waals surface area contributed by atoms with E-state index >= 15 is 0 Å². The van der Waals surface area contributed by atoms with Gasteiger partial charge in [-0.15, -0.1) is 0 Å². The van der Waals surface area contributed by atoms with E-state index in [0.717, 1.165) is 38.0 Å². The SMILES string of the molecule is CCN1CCCC(NS(=O)(=O)c2ccc(C)c(N)c2)C1. The van der Waals surface area contributed by atoms with Crippen LogP contribution in [0.25, 0.3) is 0 Å². The van der Waals surface area contributed by atoms with Gasteiger partial charge in [-0.3, -0.25) is 0 Å². The number of rotatable bonds is 4. The molecule has 5 nitrogen and oxygen atoms in total. The van der Waals surface area contributed by atoms with Crippen molar-refractivity contribution in [1.82, 2.24) is 9.62 Å². The highest BCUT2D eigenvalue weighted by atomic mass is 32.2. The Morgan fingerprint density at radius 1 is 1.45 bits per heavy atom. The fourth-order valence-corrected chi connectivity index (χ4v) is 3.81. The molecule has 112 valence electrons. The van der Waals surface area contributed by atoms with Crippen LogP contribution in [0.4, 0.5) is 5.69 Å². The molecule has 1 saturated heterocycles. The van der Waals surface area contributed by atoms with Crippen LogP contribution in [0.15, 0.2) is 23.1 Å². The van der Waals surface area contributed by atoms with Crippen LogP contribution in [0, 0.1) is 6.92 Å². The average molecular weight is 297 g/mol. The van der Waals surface area contributed by atoms with Gasteiger partial charge in [0.15, 0.2) is 0 Å². The molecular formula is C14H23N3O2S. The van der Waals surface area contributed by atoms with Gasteiger partial charge in [-0.25, -0.2) is 13.1 Å². The van der Waals surface area contributed by atoms with Gasteiger partial charge < -0.3 is 10.6 Å². The summed E-state index contributed by atoms with van der Waals surface area (Å²) in [6.45, 7) is 6.73. The van der Waals surface area contributed by atoms with Crippen molar-refractivity contribution in [2.75, 3.05) is 25.4 Å². The molecule has 1 aliphatic heterocycles. The molecule has 2 rings (SSSR count). The van der Waals surface area contributed by atoms with Crippen molar-refractivity contribution in [3.05, 3.63) is 23.8 Å². The van der Waals surface area contributed by atoms with Crippen LogP contribution in [-0.4, -0.2) is 39.0 Å². The molecule has 1 fully saturated rings. The van der Waals surface area contributed by atoms with Crippen LogP contribution >= 0.6 is 0 Å². The first kappa shape index (κ1) is 15.3. The van der Waals surface area contributed by atoms with Gasteiger partial charge in [0, 0.05) is 18.3 Å². The Labute approximate surface area is 121 Å². The molecule has 0 aliphatic carbocycles. The fourth-order valence-electron chi connectivity index (χ4n) is 2.51. The lowest BCUT2D eigenvalue weighted by Crippen LogP contribution is -2.47. The zero-order valence-corrected chi connectivity index (χ0v) is 12.9. The summed E-state index contributed by atoms with van der Waals surface area (Å²) in [4.78, 5) is 2.51. The predicted octanol–water partition coefficient (Wildman–Crippen LogP) is 1.34. The highest BCUT2D eigenvalue weighted by Gasteiger charge is 2.24. The van der Waals surface area contributed by atoms with Crippen LogP contribution in [0.5, 0.6) is 0 Å². The first-order chi connectivity index (χ1) is 9.42. The molecular weight excluding hydrogens is 274 g/mol. The Hall–Kier alpha value is -1.11. The van der Waals surface area contributed by atoms with E-state index in [2.05, 4.69) is 16.5 Å². The monoisotopic (exact) mass is 297 g/mol. The molecule has 3 N–H and O–H groups in total. The number of nitrogen functional groups attached to an aromatic ring is 1. The Morgan fingerprint density at radius 2 is 2.20 bits per heavy atom. The van der Waals surface area contributed by atoms with Crippen molar-refractivity contribution in [2.24, 2.45) is 0 Å². The molecule has 0 spiro atoms. The minimum absolute atomic E-state index is 0.0174. The summed E-state index contributed by atoms with van der Waals surface area (Å²) in [5, 5.41) is 0. The van der Waals surface area contributed by atoms with Crippen molar-refractivity contribution < 1.29 is 8.42 Å². The Balaban J connectivity index is 2.12. The van der Waals surface area contributed by atoms with Gasteiger partial charge in [0.25, 0.3) is 0 Å². The van der Waals surface area contributed by atoms with E-state index < -0.39 is 10.0 Å². The lowest BCUT2D eigenvalue weighted by molar-refractivity contribution is 0.211. The maximum absolute atomic E-state index is 12.4. The number of hydrogen-bond acceptors (Lipinski definition) is 4. The van der Waals surface area contributed by atoms with Crippen LogP contribution in [0.1, 0.15) is 25.3 Å². The third-order valence-corrected chi connectivity index (χ3v) is 5.35. The largest absolute Gasteiger partial charge is 0.398 e. The van der Waals surface area contributed by atoms with Crippen molar-refractivity contribution in [2.45, 2.75) is 37.6 Å². The number of piperidine rings is 1. The lowest BCUT2D eigenvalue weighted by atomic mass is 10.1. The summed E-state index contributed by atoms with van der Waals surface area (Å²) in [5.41, 5.74) is 7.19. The molecule has 0 saturated carbocycles. The number of benzene rings is 1. The van der Waals surface area contributed by atoms with Gasteiger partial charge in [-0.1, -0.05) is 13.0 Å². The van der Waals surface area contributed by atoms with Gasteiger partial charge in [-0.05, 0) is 50.6 Å². The first-order valence-corrected chi connectivity index (χ1v) is 8.51. The third-order valence-electron chi connectivity index (χ3n) is 3.84. The second-order valence-electron chi connectivity index (χ2n) is 5.37. The number of likely N-dealkylation sites (tertiary alicyclic amines) is 1. The van der Waals surface area contributed by atoms with Gasteiger partial charge >= 0.3 is 0 Å². The van der Waals surface area contributed by atoms with E-state index in [1.807, 2.05) is 6.92 Å². The van der Waals surface area contributed by atoms with E-state index in [1.165, 1.54) is 6.07 Å². The van der Waals surface area contributed by atoms with Crippen molar-refractivity contribution in [3.63, 3.8) is 0 Å². The standard InChI is InChI=1S/C14H23N3O2S/c1-3-17-8-4-5-12(10-17)16-20(18,19)13-7-6-11(2)14(15)9-13/h6-7,9,12,16H,3-5,8,10,15H2,1-2H3. The Bertz CT molecular complexity index is 572. The van der Waals surface area contributed by atoms with Crippen molar-refractivity contribution in [3.8, 4) is 0 Å². The number of nitrogens with two attached hydrogens (primary N) is 1. The van der Waals surface area contributed by atoms with E-state index in [0.29, 0.717) is 5.69 Å². The number of nitrogens with zero attached hydrogens (tertiary/aromatic N) is 1. The van der Waals surface area contributed by atoms with Gasteiger partial charge in [0.2, 0.25) is 10.0 Å². The minimum atomic E-state index is -3.49. The number of aryl methyl sites for hydroxylation is 1. The van der Waals surface area contributed by atoms with Gasteiger partial charge in [-0.2, -0.15) is 0 Å². The molecule has 0 bridgehead atoms. The third kappa shape index (κ3) is 3.50. The number of hydrogen-bond donors (Lipinski definition) is 2. The van der Waals surface area contributed by atoms with E-state index in [1.54, 1.807) is 12.1 Å². The Morgan fingerprint density at radius 3 is 2.85 bits per heavy atom. The van der Waals surface area contributed by atoms with E-state index in [4.69, 9.17) is 5.73 Å². The number of likely N-dealkylation sites (N-methyl/N-ethyl adjacent to an activating group) is 1. The van der Waals surface area contributed by atoms with Gasteiger partial charge in [0.1, 0.15) is 0 Å². The molecule has 1 aromatic rings. The number of nitrogens with one attached hydrogen (secondary N) is 1. The summed E-state index contributed by atoms with van der Waals surface area (Å²) in [7, 11) is -3.49. The number of sulfonamides is 1. The molecule has 1 atom stereocenters. The highest BCUT2D eigenvalue weighted by Crippen LogP contribution is 2.19. The summed E-state index contributed by atoms with van der Waals surface area (Å²) < 4.78 is 27.5. The molecule has 1 aliphatic rings. The predicted molar refractivity (Wildman–Crippen MR) is 81.0 cm³/mol. The molecule has 0 radical (unpaired) electrons. The summed E-state index contributed by atoms with van der Waals surface area (Å²) in [5.74, 6) is 0. The topological polar surface area (TPSA) is 75.4 Å².